The van der Waals surface area contributed by atoms with Crippen LogP contribution < -0.4 is 12.4 Å². The van der Waals surface area contributed by atoms with Gasteiger partial charge < -0.3 is 26.8 Å². The van der Waals surface area contributed by atoms with Gasteiger partial charge in [-0.1, -0.05) is 0 Å². The van der Waals surface area contributed by atoms with Crippen LogP contribution in [-0.4, -0.2) is 33.4 Å². The first-order chi connectivity index (χ1) is 8.72. The zero-order valence-corrected chi connectivity index (χ0v) is 13.0. The van der Waals surface area contributed by atoms with E-state index in [-0.39, 0.29) is 24.3 Å². The fourth-order valence-corrected chi connectivity index (χ4v) is 2.87. The lowest BCUT2D eigenvalue weighted by molar-refractivity contribution is -0.256. The van der Waals surface area contributed by atoms with Crippen molar-refractivity contribution in [1.82, 2.24) is 5.06 Å². The number of carbonyl (C=O) groups excluding carboxylic acids is 1. The highest BCUT2D eigenvalue weighted by atomic mass is 35.5. The molecule has 20 heavy (non-hydrogen) atoms. The Balaban J connectivity index is 0.00000200. The van der Waals surface area contributed by atoms with Crippen molar-refractivity contribution in [2.75, 3.05) is 0 Å². The van der Waals surface area contributed by atoms with Crippen molar-refractivity contribution in [3.8, 4) is 0 Å². The van der Waals surface area contributed by atoms with Crippen LogP contribution in [0.4, 0.5) is 0 Å². The molecular formula is C14H21ClNO4-. The van der Waals surface area contributed by atoms with Crippen molar-refractivity contribution in [2.24, 2.45) is 0 Å². The maximum Gasteiger partial charge on any atom is 0.374 e. The Morgan fingerprint density at radius 2 is 1.90 bits per heavy atom. The molecule has 1 aliphatic rings. The second-order valence-electron chi connectivity index (χ2n) is 6.35. The molecule has 0 atom stereocenters. The molecule has 1 N–H and O–H groups in total. The second-order valence-corrected chi connectivity index (χ2v) is 6.35. The van der Waals surface area contributed by atoms with Crippen molar-refractivity contribution in [3.63, 3.8) is 0 Å². The number of hydroxylamine groups is 2. The number of nitrogens with zero attached hydrogens (tertiary/aromatic N) is 1. The van der Waals surface area contributed by atoms with Gasteiger partial charge in [0.15, 0.2) is 0 Å². The van der Waals surface area contributed by atoms with Crippen LogP contribution in [0.5, 0.6) is 0 Å². The molecule has 2 rings (SSSR count). The van der Waals surface area contributed by atoms with Crippen LogP contribution >= 0.6 is 0 Å². The van der Waals surface area contributed by atoms with Crippen LogP contribution in [0.15, 0.2) is 22.8 Å². The summed E-state index contributed by atoms with van der Waals surface area (Å²) in [6.45, 7) is 7.73. The molecule has 6 heteroatoms. The molecular weight excluding hydrogens is 282 g/mol. The summed E-state index contributed by atoms with van der Waals surface area (Å²) in [6, 6.07) is 3.24. The number of hydrogen-bond acceptors (Lipinski definition) is 5. The molecule has 0 aliphatic carbocycles. The fourth-order valence-electron chi connectivity index (χ4n) is 2.87. The molecule has 1 aliphatic heterocycles. The summed E-state index contributed by atoms with van der Waals surface area (Å²) < 4.78 is 10.5. The lowest BCUT2D eigenvalue weighted by atomic mass is 9.80. The van der Waals surface area contributed by atoms with Gasteiger partial charge >= 0.3 is 5.97 Å². The highest BCUT2D eigenvalue weighted by Gasteiger charge is 2.46. The first kappa shape index (κ1) is 17.0. The molecule has 5 nitrogen and oxygen atoms in total. The van der Waals surface area contributed by atoms with Crippen LogP contribution in [0.2, 0.25) is 0 Å². The summed E-state index contributed by atoms with van der Waals surface area (Å²) in [7, 11) is 0. The Kier molecular flexibility index (Phi) is 4.90. The van der Waals surface area contributed by atoms with E-state index in [4.69, 9.17) is 9.15 Å². The minimum atomic E-state index is -0.451. The summed E-state index contributed by atoms with van der Waals surface area (Å²) in [5, 5.41) is 11.5. The van der Waals surface area contributed by atoms with Crippen molar-refractivity contribution in [2.45, 2.75) is 57.7 Å². The van der Waals surface area contributed by atoms with Gasteiger partial charge in [0, 0.05) is 23.9 Å². The number of ether oxygens (including phenoxy) is 1. The molecule has 0 saturated carbocycles. The third kappa shape index (κ3) is 3.34. The lowest BCUT2D eigenvalue weighted by Crippen LogP contribution is -3.00. The zero-order valence-electron chi connectivity index (χ0n) is 12.2. The first-order valence-electron chi connectivity index (χ1n) is 6.46. The van der Waals surface area contributed by atoms with Gasteiger partial charge in [-0.2, -0.15) is 5.06 Å². The first-order valence-corrected chi connectivity index (χ1v) is 6.46. The van der Waals surface area contributed by atoms with E-state index >= 15 is 0 Å². The standard InChI is InChI=1S/C14H21NO4.ClH/c1-13(2)8-10(9-14(3,4)15(13)17)19-12(16)11-6-5-7-18-11;/h5-7,10,17H,8-9H2,1-4H3;1H/p-1. The molecule has 2 heterocycles. The zero-order chi connectivity index (χ0) is 14.3. The fraction of sp³-hybridized carbons (Fsp3) is 0.643. The third-order valence-corrected chi connectivity index (χ3v) is 3.60. The van der Waals surface area contributed by atoms with Crippen molar-refractivity contribution in [3.05, 3.63) is 24.2 Å². The lowest BCUT2D eigenvalue weighted by Gasteiger charge is -2.50. The summed E-state index contributed by atoms with van der Waals surface area (Å²) in [5.41, 5.74) is -0.869. The molecule has 0 radical (unpaired) electrons. The van der Waals surface area contributed by atoms with E-state index < -0.39 is 17.0 Å². The monoisotopic (exact) mass is 302 g/mol. The average Bonchev–Trinajstić information content (AvgIpc) is 2.78. The number of hydrogen-bond donors (Lipinski definition) is 1. The Morgan fingerprint density at radius 1 is 1.35 bits per heavy atom. The summed E-state index contributed by atoms with van der Waals surface area (Å²) >= 11 is 0. The number of halogens is 1. The van der Waals surface area contributed by atoms with Gasteiger partial charge in [-0.25, -0.2) is 4.79 Å². The molecule has 0 unspecified atom stereocenters. The van der Waals surface area contributed by atoms with Gasteiger partial charge in [0.05, 0.1) is 6.26 Å². The van der Waals surface area contributed by atoms with E-state index in [1.54, 1.807) is 12.1 Å². The Morgan fingerprint density at radius 3 is 2.35 bits per heavy atom. The maximum absolute atomic E-state index is 11.9. The topological polar surface area (TPSA) is 62.9 Å². The summed E-state index contributed by atoms with van der Waals surface area (Å²) in [6.07, 6.45) is 2.38. The van der Waals surface area contributed by atoms with Crippen molar-refractivity contribution < 1.29 is 31.6 Å². The molecule has 1 saturated heterocycles. The van der Waals surface area contributed by atoms with Gasteiger partial charge in [0.1, 0.15) is 6.10 Å². The number of furan rings is 1. The minimum absolute atomic E-state index is 0. The van der Waals surface area contributed by atoms with E-state index in [1.807, 2.05) is 27.7 Å². The van der Waals surface area contributed by atoms with Crippen LogP contribution in [0, 0.1) is 0 Å². The normalized spacial score (nSPS) is 22.1. The van der Waals surface area contributed by atoms with Gasteiger partial charge in [-0.15, -0.1) is 0 Å². The van der Waals surface area contributed by atoms with E-state index in [0.29, 0.717) is 12.8 Å². The molecule has 0 amide bonds. The maximum atomic E-state index is 11.9. The van der Waals surface area contributed by atoms with Gasteiger partial charge in [-0.3, -0.25) is 0 Å². The molecule has 0 spiro atoms. The number of carbonyl (C=O) groups is 1. The largest absolute Gasteiger partial charge is 1.00 e. The Bertz CT molecular complexity index is 438. The Labute approximate surface area is 125 Å². The van der Waals surface area contributed by atoms with E-state index in [1.165, 1.54) is 11.3 Å². The number of rotatable bonds is 2. The molecule has 1 aromatic heterocycles. The smallest absolute Gasteiger partial charge is 0.374 e. The minimum Gasteiger partial charge on any atom is -1.00 e. The second kappa shape index (κ2) is 5.76. The van der Waals surface area contributed by atoms with Gasteiger partial charge in [0.25, 0.3) is 0 Å². The predicted molar refractivity (Wildman–Crippen MR) is 68.9 cm³/mol. The number of piperidine rings is 1. The molecule has 1 fully saturated rings. The SMILES string of the molecule is CC1(C)CC(OC(=O)c2ccco2)CC(C)(C)N1O.[Cl-]. The molecule has 0 aromatic carbocycles. The average molecular weight is 303 g/mol. The van der Waals surface area contributed by atoms with Crippen LogP contribution in [0.1, 0.15) is 51.1 Å². The van der Waals surface area contributed by atoms with Crippen LogP contribution in [0.25, 0.3) is 0 Å². The van der Waals surface area contributed by atoms with Crippen molar-refractivity contribution in [1.29, 1.82) is 0 Å². The molecule has 0 bridgehead atoms. The number of esters is 1. The molecule has 114 valence electrons. The Hall–Kier alpha value is -1.04. The van der Waals surface area contributed by atoms with Gasteiger partial charge in [-0.05, 0) is 39.8 Å². The van der Waals surface area contributed by atoms with E-state index in [0.717, 1.165) is 0 Å². The van der Waals surface area contributed by atoms with Crippen molar-refractivity contribution >= 4 is 5.97 Å². The predicted octanol–water partition coefficient (Wildman–Crippen LogP) is -0.149. The van der Waals surface area contributed by atoms with E-state index in [9.17, 15) is 10.0 Å². The third-order valence-electron chi connectivity index (χ3n) is 3.60. The highest BCUT2D eigenvalue weighted by molar-refractivity contribution is 5.86. The molecule has 1 aromatic rings. The summed E-state index contributed by atoms with van der Waals surface area (Å²) in [5.74, 6) is -0.241. The highest BCUT2D eigenvalue weighted by Crippen LogP contribution is 2.38. The van der Waals surface area contributed by atoms with Gasteiger partial charge in [0.2, 0.25) is 5.76 Å². The summed E-state index contributed by atoms with van der Waals surface area (Å²) in [4.78, 5) is 11.9. The quantitative estimate of drug-likeness (QED) is 0.770. The van der Waals surface area contributed by atoms with E-state index in [2.05, 4.69) is 0 Å². The van der Waals surface area contributed by atoms with Crippen LogP contribution in [0.3, 0.4) is 0 Å². The van der Waals surface area contributed by atoms with Crippen LogP contribution in [-0.2, 0) is 4.74 Å².